The summed E-state index contributed by atoms with van der Waals surface area (Å²) in [5.41, 5.74) is 2.48. The standard InChI is InChI=1S/C27H40N4O2/c1-29-15-8-21(9-16-29)22-19-27(31-13-5-6-14-31)28-24-20-26(25(32-2)18-23(22)24)33-17-7-12-30-10-3-4-11-30/h18-21H,3-17H2,1-2H3. The number of likely N-dealkylation sites (tertiary alicyclic amines) is 2. The van der Waals surface area contributed by atoms with E-state index in [1.165, 1.54) is 62.6 Å². The lowest BCUT2D eigenvalue weighted by molar-refractivity contribution is 0.254. The Hall–Kier alpha value is -2.05. The molecule has 0 aliphatic carbocycles. The number of benzene rings is 1. The fourth-order valence-electron chi connectivity index (χ4n) is 5.76. The highest BCUT2D eigenvalue weighted by Crippen LogP contribution is 2.40. The number of nitrogens with zero attached hydrogens (tertiary/aromatic N) is 4. The van der Waals surface area contributed by atoms with Gasteiger partial charge in [0.25, 0.3) is 0 Å². The molecule has 33 heavy (non-hydrogen) atoms. The molecule has 4 heterocycles. The van der Waals surface area contributed by atoms with Gasteiger partial charge < -0.3 is 24.2 Å². The predicted molar refractivity (Wildman–Crippen MR) is 135 cm³/mol. The van der Waals surface area contributed by atoms with E-state index in [1.54, 1.807) is 7.11 Å². The van der Waals surface area contributed by atoms with Gasteiger partial charge in [-0.1, -0.05) is 0 Å². The zero-order valence-corrected chi connectivity index (χ0v) is 20.5. The van der Waals surface area contributed by atoms with Gasteiger partial charge in [-0.15, -0.1) is 0 Å². The third-order valence-electron chi connectivity index (χ3n) is 7.78. The number of ether oxygens (including phenoxy) is 2. The van der Waals surface area contributed by atoms with Crippen molar-refractivity contribution in [3.05, 3.63) is 23.8 Å². The summed E-state index contributed by atoms with van der Waals surface area (Å²) < 4.78 is 12.0. The Balaban J connectivity index is 1.42. The summed E-state index contributed by atoms with van der Waals surface area (Å²) in [5.74, 6) is 3.37. The molecule has 180 valence electrons. The van der Waals surface area contributed by atoms with Crippen molar-refractivity contribution in [2.75, 3.05) is 71.5 Å². The first-order valence-corrected chi connectivity index (χ1v) is 13.0. The number of anilines is 1. The Morgan fingerprint density at radius 2 is 1.64 bits per heavy atom. The van der Waals surface area contributed by atoms with E-state index < -0.39 is 0 Å². The average Bonchev–Trinajstić information content (AvgIpc) is 3.56. The largest absolute Gasteiger partial charge is 0.493 e. The summed E-state index contributed by atoms with van der Waals surface area (Å²) in [4.78, 5) is 12.6. The number of fused-ring (bicyclic) bond motifs is 1. The molecular weight excluding hydrogens is 412 g/mol. The molecule has 3 saturated heterocycles. The molecule has 1 aromatic heterocycles. The van der Waals surface area contributed by atoms with Gasteiger partial charge in [0, 0.05) is 31.1 Å². The van der Waals surface area contributed by atoms with Crippen LogP contribution in [0.5, 0.6) is 11.5 Å². The van der Waals surface area contributed by atoms with E-state index in [1.807, 2.05) is 0 Å². The summed E-state index contributed by atoms with van der Waals surface area (Å²) >= 11 is 0. The second kappa shape index (κ2) is 10.5. The van der Waals surface area contributed by atoms with Crippen LogP contribution in [-0.4, -0.2) is 81.4 Å². The van der Waals surface area contributed by atoms with Crippen LogP contribution in [-0.2, 0) is 0 Å². The minimum atomic E-state index is 0.574. The number of pyridine rings is 1. The smallest absolute Gasteiger partial charge is 0.163 e. The molecular formula is C27H40N4O2. The summed E-state index contributed by atoms with van der Waals surface area (Å²) in [5, 5.41) is 1.23. The van der Waals surface area contributed by atoms with E-state index >= 15 is 0 Å². The van der Waals surface area contributed by atoms with Gasteiger partial charge >= 0.3 is 0 Å². The first-order chi connectivity index (χ1) is 16.2. The van der Waals surface area contributed by atoms with E-state index in [-0.39, 0.29) is 0 Å². The van der Waals surface area contributed by atoms with Crippen LogP contribution in [0.4, 0.5) is 5.82 Å². The molecule has 1 aromatic carbocycles. The van der Waals surface area contributed by atoms with Crippen LogP contribution < -0.4 is 14.4 Å². The monoisotopic (exact) mass is 452 g/mol. The Labute approximate surface area is 198 Å². The van der Waals surface area contributed by atoms with Crippen LogP contribution in [0.25, 0.3) is 10.9 Å². The lowest BCUT2D eigenvalue weighted by atomic mass is 9.87. The van der Waals surface area contributed by atoms with Crippen molar-refractivity contribution in [3.8, 4) is 11.5 Å². The molecule has 0 N–H and O–H groups in total. The lowest BCUT2D eigenvalue weighted by Crippen LogP contribution is -2.29. The molecule has 5 rings (SSSR count). The van der Waals surface area contributed by atoms with E-state index in [0.717, 1.165) is 62.0 Å². The number of methoxy groups -OCH3 is 1. The van der Waals surface area contributed by atoms with Crippen LogP contribution in [0, 0.1) is 0 Å². The van der Waals surface area contributed by atoms with Crippen molar-refractivity contribution in [1.29, 1.82) is 0 Å². The van der Waals surface area contributed by atoms with Gasteiger partial charge in [0.05, 0.1) is 19.2 Å². The molecule has 3 aliphatic rings. The fourth-order valence-corrected chi connectivity index (χ4v) is 5.76. The molecule has 0 bridgehead atoms. The van der Waals surface area contributed by atoms with Gasteiger partial charge in [-0.05, 0) is 102 Å². The predicted octanol–water partition coefficient (Wildman–Crippen LogP) is 4.52. The molecule has 0 amide bonds. The Morgan fingerprint density at radius 1 is 0.909 bits per heavy atom. The van der Waals surface area contributed by atoms with Crippen LogP contribution in [0.1, 0.15) is 56.4 Å². The van der Waals surface area contributed by atoms with Gasteiger partial charge in [-0.3, -0.25) is 0 Å². The quantitative estimate of drug-likeness (QED) is 0.549. The maximum atomic E-state index is 6.25. The first-order valence-electron chi connectivity index (χ1n) is 13.0. The van der Waals surface area contributed by atoms with Gasteiger partial charge in [-0.2, -0.15) is 0 Å². The zero-order chi connectivity index (χ0) is 22.6. The molecule has 3 aliphatic heterocycles. The molecule has 0 atom stereocenters. The lowest BCUT2D eigenvalue weighted by Gasteiger charge is -2.30. The Morgan fingerprint density at radius 3 is 2.36 bits per heavy atom. The van der Waals surface area contributed by atoms with Crippen LogP contribution in [0.2, 0.25) is 0 Å². The summed E-state index contributed by atoms with van der Waals surface area (Å²) in [6.07, 6.45) is 8.64. The van der Waals surface area contributed by atoms with Crippen LogP contribution >= 0.6 is 0 Å². The SMILES string of the molecule is COc1cc2c(C3CCN(C)CC3)cc(N3CCCC3)nc2cc1OCCCN1CCCC1. The minimum absolute atomic E-state index is 0.574. The first kappa shape index (κ1) is 22.7. The van der Waals surface area contributed by atoms with Crippen LogP contribution in [0.3, 0.4) is 0 Å². The van der Waals surface area contributed by atoms with Crippen molar-refractivity contribution in [2.45, 2.75) is 50.9 Å². The molecule has 2 aromatic rings. The van der Waals surface area contributed by atoms with Crippen molar-refractivity contribution in [2.24, 2.45) is 0 Å². The van der Waals surface area contributed by atoms with Crippen molar-refractivity contribution in [1.82, 2.24) is 14.8 Å². The second-order valence-corrected chi connectivity index (χ2v) is 10.1. The number of piperidine rings is 1. The summed E-state index contributed by atoms with van der Waals surface area (Å²) in [6.45, 7) is 8.85. The van der Waals surface area contributed by atoms with Gasteiger partial charge in [0.15, 0.2) is 11.5 Å². The number of rotatable bonds is 8. The summed E-state index contributed by atoms with van der Waals surface area (Å²) in [7, 11) is 3.98. The van der Waals surface area contributed by atoms with E-state index in [9.17, 15) is 0 Å². The maximum Gasteiger partial charge on any atom is 0.163 e. The van der Waals surface area contributed by atoms with Gasteiger partial charge in [0.1, 0.15) is 5.82 Å². The Bertz CT molecular complexity index is 929. The van der Waals surface area contributed by atoms with E-state index in [2.05, 4.69) is 39.9 Å². The normalized spacial score (nSPS) is 20.7. The average molecular weight is 453 g/mol. The molecule has 0 radical (unpaired) electrons. The highest BCUT2D eigenvalue weighted by molar-refractivity contribution is 5.88. The maximum absolute atomic E-state index is 6.25. The minimum Gasteiger partial charge on any atom is -0.493 e. The molecule has 0 spiro atoms. The molecule has 6 heteroatoms. The van der Waals surface area contributed by atoms with Gasteiger partial charge in [0.2, 0.25) is 0 Å². The molecule has 0 unspecified atom stereocenters. The highest BCUT2D eigenvalue weighted by atomic mass is 16.5. The third-order valence-corrected chi connectivity index (χ3v) is 7.78. The topological polar surface area (TPSA) is 41.1 Å². The Kier molecular flexibility index (Phi) is 7.21. The zero-order valence-electron chi connectivity index (χ0n) is 20.5. The summed E-state index contributed by atoms with van der Waals surface area (Å²) in [6, 6.07) is 6.68. The van der Waals surface area contributed by atoms with Gasteiger partial charge in [-0.25, -0.2) is 4.98 Å². The number of hydrogen-bond donors (Lipinski definition) is 0. The molecule has 0 saturated carbocycles. The van der Waals surface area contributed by atoms with Crippen LogP contribution in [0.15, 0.2) is 18.2 Å². The van der Waals surface area contributed by atoms with Crippen molar-refractivity contribution in [3.63, 3.8) is 0 Å². The molecule has 6 nitrogen and oxygen atoms in total. The number of aromatic nitrogens is 1. The highest BCUT2D eigenvalue weighted by Gasteiger charge is 2.24. The van der Waals surface area contributed by atoms with E-state index in [0.29, 0.717) is 12.5 Å². The fraction of sp³-hybridized carbons (Fsp3) is 0.667. The van der Waals surface area contributed by atoms with Crippen molar-refractivity contribution >= 4 is 16.7 Å². The second-order valence-electron chi connectivity index (χ2n) is 10.1. The third kappa shape index (κ3) is 5.22. The number of hydrogen-bond acceptors (Lipinski definition) is 6. The van der Waals surface area contributed by atoms with Crippen molar-refractivity contribution < 1.29 is 9.47 Å². The molecule has 3 fully saturated rings. The van der Waals surface area contributed by atoms with E-state index in [4.69, 9.17) is 14.5 Å².